The minimum absolute atomic E-state index is 0.157. The van der Waals surface area contributed by atoms with Crippen LogP contribution in [0.4, 0.5) is 10.6 Å². The van der Waals surface area contributed by atoms with Gasteiger partial charge in [0.1, 0.15) is 17.8 Å². The maximum absolute atomic E-state index is 12.7. The van der Waals surface area contributed by atoms with Crippen molar-refractivity contribution in [3.8, 4) is 11.3 Å². The van der Waals surface area contributed by atoms with Gasteiger partial charge in [-0.15, -0.1) is 0 Å². The molecule has 2 aliphatic rings. The Kier molecular flexibility index (Phi) is 5.00. The summed E-state index contributed by atoms with van der Waals surface area (Å²) in [4.78, 5) is 33.7. The number of nitrogens with zero attached hydrogens (tertiary/aromatic N) is 5. The number of rotatable bonds is 4. The van der Waals surface area contributed by atoms with Crippen molar-refractivity contribution >= 4 is 22.9 Å². The molecule has 5 rings (SSSR count). The second-order valence-corrected chi connectivity index (χ2v) is 9.00. The molecule has 2 bridgehead atoms. The topological polar surface area (TPSA) is 87.2 Å². The highest BCUT2D eigenvalue weighted by molar-refractivity contribution is 5.92. The van der Waals surface area contributed by atoms with Gasteiger partial charge in [0.2, 0.25) is 0 Å². The third kappa shape index (κ3) is 3.71. The normalized spacial score (nSPS) is 20.6. The fraction of sp³-hybridized carbons (Fsp3) is 0.478. The molecule has 0 spiro atoms. The highest BCUT2D eigenvalue weighted by atomic mass is 16.6. The highest BCUT2D eigenvalue weighted by Crippen LogP contribution is 2.35. The Morgan fingerprint density at radius 3 is 2.68 bits per heavy atom. The molecule has 0 saturated carbocycles. The van der Waals surface area contributed by atoms with Crippen molar-refractivity contribution in [2.24, 2.45) is 5.92 Å². The molecule has 2 saturated heterocycles. The van der Waals surface area contributed by atoms with E-state index in [9.17, 15) is 4.79 Å². The molecule has 8 nitrogen and oxygen atoms in total. The molecule has 3 aromatic rings. The van der Waals surface area contributed by atoms with Gasteiger partial charge >= 0.3 is 6.09 Å². The largest absolute Gasteiger partial charge is 0.449 e. The Morgan fingerprint density at radius 2 is 1.97 bits per heavy atom. The maximum atomic E-state index is 12.7. The maximum Gasteiger partial charge on any atom is 0.410 e. The number of amides is 1. The van der Waals surface area contributed by atoms with Gasteiger partial charge in [0.15, 0.2) is 0 Å². The Labute approximate surface area is 181 Å². The molecule has 0 aliphatic carbocycles. The molecule has 1 amide bonds. The molecule has 2 fully saturated rings. The summed E-state index contributed by atoms with van der Waals surface area (Å²) >= 11 is 0. The number of ether oxygens (including phenoxy) is 1. The monoisotopic (exact) mass is 420 g/mol. The van der Waals surface area contributed by atoms with Crippen molar-refractivity contribution in [3.05, 3.63) is 36.4 Å². The van der Waals surface area contributed by atoms with E-state index in [4.69, 9.17) is 4.74 Å². The number of hydrogen-bond donors (Lipinski definition) is 1. The van der Waals surface area contributed by atoms with Crippen molar-refractivity contribution in [3.63, 3.8) is 0 Å². The Bertz CT molecular complexity index is 1100. The van der Waals surface area contributed by atoms with E-state index in [1.165, 1.54) is 0 Å². The van der Waals surface area contributed by atoms with Crippen LogP contribution in [-0.4, -0.2) is 62.7 Å². The van der Waals surface area contributed by atoms with Gasteiger partial charge in [-0.1, -0.05) is 13.8 Å². The molecule has 2 atom stereocenters. The first-order valence-corrected chi connectivity index (χ1v) is 11.0. The molecule has 3 aromatic heterocycles. The molecule has 31 heavy (non-hydrogen) atoms. The summed E-state index contributed by atoms with van der Waals surface area (Å²) in [6, 6.07) is 6.48. The van der Waals surface area contributed by atoms with Gasteiger partial charge in [-0.05, 0) is 43.9 Å². The van der Waals surface area contributed by atoms with Crippen LogP contribution in [0.1, 0.15) is 32.4 Å². The van der Waals surface area contributed by atoms with Crippen molar-refractivity contribution in [2.45, 2.75) is 45.7 Å². The van der Waals surface area contributed by atoms with E-state index in [0.717, 1.165) is 59.7 Å². The second-order valence-electron chi connectivity index (χ2n) is 9.00. The predicted octanol–water partition coefficient (Wildman–Crippen LogP) is 3.77. The van der Waals surface area contributed by atoms with Crippen molar-refractivity contribution in [1.29, 1.82) is 0 Å². The molecule has 162 valence electrons. The van der Waals surface area contributed by atoms with Crippen molar-refractivity contribution < 1.29 is 9.53 Å². The molecule has 2 unspecified atom stereocenters. The quantitative estimate of drug-likeness (QED) is 0.691. The number of hydrogen-bond acceptors (Lipinski definition) is 6. The van der Waals surface area contributed by atoms with Crippen LogP contribution in [0.25, 0.3) is 22.3 Å². The van der Waals surface area contributed by atoms with Gasteiger partial charge in [-0.25, -0.2) is 14.8 Å². The zero-order valence-electron chi connectivity index (χ0n) is 18.2. The molecule has 2 aliphatic heterocycles. The number of aromatic amines is 1. The van der Waals surface area contributed by atoms with Gasteiger partial charge < -0.3 is 14.6 Å². The van der Waals surface area contributed by atoms with Crippen molar-refractivity contribution in [2.75, 3.05) is 24.6 Å². The number of aryl methyl sites for hydroxylation is 1. The zero-order chi connectivity index (χ0) is 21.5. The second kappa shape index (κ2) is 7.83. The van der Waals surface area contributed by atoms with E-state index in [-0.39, 0.29) is 18.2 Å². The Hall–Kier alpha value is -3.16. The molecule has 0 aromatic carbocycles. The smallest absolute Gasteiger partial charge is 0.410 e. The minimum Gasteiger partial charge on any atom is -0.449 e. The summed E-state index contributed by atoms with van der Waals surface area (Å²) < 4.78 is 5.53. The van der Waals surface area contributed by atoms with Gasteiger partial charge in [0.25, 0.3) is 0 Å². The highest BCUT2D eigenvalue weighted by Gasteiger charge is 2.44. The lowest BCUT2D eigenvalue weighted by Crippen LogP contribution is -2.56. The predicted molar refractivity (Wildman–Crippen MR) is 119 cm³/mol. The number of H-pyrrole nitrogens is 1. The lowest BCUT2D eigenvalue weighted by atomic mass is 10.1. The van der Waals surface area contributed by atoms with Crippen LogP contribution in [0.3, 0.4) is 0 Å². The molecule has 8 heteroatoms. The first kappa shape index (κ1) is 19.8. The number of nitrogens with one attached hydrogen (secondary N) is 1. The van der Waals surface area contributed by atoms with Crippen molar-refractivity contribution in [1.82, 2.24) is 24.8 Å². The summed E-state index contributed by atoms with van der Waals surface area (Å²) in [5, 5.41) is 1.00. The molecular formula is C23H28N6O2. The average molecular weight is 421 g/mol. The van der Waals surface area contributed by atoms with Crippen LogP contribution in [0.5, 0.6) is 0 Å². The van der Waals surface area contributed by atoms with Gasteiger partial charge in [-0.2, -0.15) is 0 Å². The van der Waals surface area contributed by atoms with Crippen LogP contribution in [0.15, 0.2) is 30.7 Å². The Morgan fingerprint density at radius 1 is 1.19 bits per heavy atom. The molecular weight excluding hydrogens is 392 g/mol. The lowest BCUT2D eigenvalue weighted by molar-refractivity contribution is 0.0704. The number of fused-ring (bicyclic) bond motifs is 3. The number of pyridine rings is 1. The third-order valence-corrected chi connectivity index (χ3v) is 6.14. The van der Waals surface area contributed by atoms with Gasteiger partial charge in [0.05, 0.1) is 24.1 Å². The van der Waals surface area contributed by atoms with E-state index >= 15 is 0 Å². The van der Waals surface area contributed by atoms with Crippen LogP contribution in [0, 0.1) is 12.8 Å². The number of anilines is 1. The lowest BCUT2D eigenvalue weighted by Gasteiger charge is -2.41. The van der Waals surface area contributed by atoms with Crippen LogP contribution in [-0.2, 0) is 4.74 Å². The summed E-state index contributed by atoms with van der Waals surface area (Å²) in [5.74, 6) is 1.26. The fourth-order valence-electron chi connectivity index (χ4n) is 4.73. The minimum atomic E-state index is -0.175. The van der Waals surface area contributed by atoms with E-state index in [2.05, 4.69) is 50.8 Å². The van der Waals surface area contributed by atoms with Crippen LogP contribution in [0.2, 0.25) is 0 Å². The fourth-order valence-corrected chi connectivity index (χ4v) is 4.73. The number of aromatic nitrogens is 4. The standard InChI is InChI=1S/C23H28N6O2/c1-14(2)12-31-23(30)29-17-4-5-18(29)11-28(10-17)22-19-9-20(27-21(19)25-13-26-22)16-6-7-24-15(3)8-16/h6-9,13-14,17-18H,4-5,10-12H2,1-3H3,(H,25,26,27). The first-order chi connectivity index (χ1) is 15.0. The number of carbonyl (C=O) groups excluding carboxylic acids is 1. The summed E-state index contributed by atoms with van der Waals surface area (Å²) in [6.45, 7) is 8.07. The molecule has 5 heterocycles. The van der Waals surface area contributed by atoms with E-state index in [1.54, 1.807) is 6.33 Å². The average Bonchev–Trinajstić information content (AvgIpc) is 3.30. The number of carbonyl (C=O) groups is 1. The third-order valence-electron chi connectivity index (χ3n) is 6.14. The van der Waals surface area contributed by atoms with Gasteiger partial charge in [-0.3, -0.25) is 9.88 Å². The first-order valence-electron chi connectivity index (χ1n) is 11.0. The van der Waals surface area contributed by atoms with E-state index < -0.39 is 0 Å². The zero-order valence-corrected chi connectivity index (χ0v) is 18.2. The Balaban J connectivity index is 1.40. The summed E-state index contributed by atoms with van der Waals surface area (Å²) in [6.07, 6.45) is 5.26. The summed E-state index contributed by atoms with van der Waals surface area (Å²) in [7, 11) is 0. The van der Waals surface area contributed by atoms with Crippen LogP contribution >= 0.6 is 0 Å². The molecule has 0 radical (unpaired) electrons. The van der Waals surface area contributed by atoms with Gasteiger partial charge in [0, 0.05) is 36.2 Å². The SMILES string of the molecule is Cc1cc(-c2cc3c(N4CC5CCC(C4)N5C(=O)OCC(C)C)ncnc3[nH]2)ccn1. The molecule has 1 N–H and O–H groups in total. The number of piperazine rings is 1. The van der Waals surface area contributed by atoms with E-state index in [0.29, 0.717) is 12.5 Å². The summed E-state index contributed by atoms with van der Waals surface area (Å²) in [5.41, 5.74) is 3.87. The van der Waals surface area contributed by atoms with Crippen LogP contribution < -0.4 is 4.90 Å². The van der Waals surface area contributed by atoms with E-state index in [1.807, 2.05) is 24.1 Å².